The third-order valence-corrected chi connectivity index (χ3v) is 2.52. The summed E-state index contributed by atoms with van der Waals surface area (Å²) < 4.78 is 0. The number of nitrogen functional groups attached to an aromatic ring is 1. The van der Waals surface area contributed by atoms with Gasteiger partial charge in [0.1, 0.15) is 0 Å². The monoisotopic (exact) mass is 178 g/mol. The molecule has 0 radical (unpaired) electrons. The Kier molecular flexibility index (Phi) is 1.88. The predicted molar refractivity (Wildman–Crippen MR) is 53.8 cm³/mol. The molecule has 0 saturated heterocycles. The highest BCUT2D eigenvalue weighted by Gasteiger charge is 2.21. The van der Waals surface area contributed by atoms with Gasteiger partial charge in [-0.3, -0.25) is 0 Å². The quantitative estimate of drug-likeness (QED) is 0.573. The molecule has 0 bridgehead atoms. The molecule has 1 aliphatic rings. The van der Waals surface area contributed by atoms with E-state index in [1.807, 2.05) is 30.1 Å². The molecule has 3 heteroatoms. The Morgan fingerprint density at radius 3 is 3.08 bits per heavy atom. The summed E-state index contributed by atoms with van der Waals surface area (Å²) >= 11 is 0. The SMILES string of the molecule is CN1CC(O)Cc2c(N)cccc21. The van der Waals surface area contributed by atoms with Crippen molar-refractivity contribution in [2.24, 2.45) is 0 Å². The van der Waals surface area contributed by atoms with Crippen LogP contribution in [0.1, 0.15) is 5.56 Å². The van der Waals surface area contributed by atoms with Gasteiger partial charge in [-0.1, -0.05) is 6.07 Å². The topological polar surface area (TPSA) is 49.5 Å². The maximum absolute atomic E-state index is 9.55. The second kappa shape index (κ2) is 2.92. The van der Waals surface area contributed by atoms with Crippen molar-refractivity contribution in [2.45, 2.75) is 12.5 Å². The van der Waals surface area contributed by atoms with Gasteiger partial charge >= 0.3 is 0 Å². The highest BCUT2D eigenvalue weighted by Crippen LogP contribution is 2.29. The zero-order chi connectivity index (χ0) is 9.42. The largest absolute Gasteiger partial charge is 0.398 e. The highest BCUT2D eigenvalue weighted by atomic mass is 16.3. The predicted octanol–water partition coefficient (Wildman–Crippen LogP) is 0.622. The van der Waals surface area contributed by atoms with Gasteiger partial charge in [-0.05, 0) is 12.1 Å². The Labute approximate surface area is 77.8 Å². The first-order valence-electron chi connectivity index (χ1n) is 4.45. The van der Waals surface area contributed by atoms with Gasteiger partial charge < -0.3 is 15.7 Å². The Bertz CT molecular complexity index is 325. The molecular weight excluding hydrogens is 164 g/mol. The van der Waals surface area contributed by atoms with Gasteiger partial charge in [0, 0.05) is 37.0 Å². The number of aliphatic hydroxyl groups is 1. The molecule has 3 nitrogen and oxygen atoms in total. The number of nitrogens with zero attached hydrogens (tertiary/aromatic N) is 1. The van der Waals surface area contributed by atoms with Crippen LogP contribution in [0.4, 0.5) is 11.4 Å². The molecule has 1 atom stereocenters. The molecule has 0 amide bonds. The molecule has 1 unspecified atom stereocenters. The van der Waals surface area contributed by atoms with Gasteiger partial charge in [-0.2, -0.15) is 0 Å². The molecule has 0 spiro atoms. The van der Waals surface area contributed by atoms with Crippen LogP contribution < -0.4 is 10.6 Å². The standard InChI is InChI=1S/C10H14N2O/c1-12-6-7(13)5-8-9(11)3-2-4-10(8)12/h2-4,7,13H,5-6,11H2,1H3. The lowest BCUT2D eigenvalue weighted by molar-refractivity contribution is 0.177. The molecule has 13 heavy (non-hydrogen) atoms. The van der Waals surface area contributed by atoms with Crippen molar-refractivity contribution in [3.05, 3.63) is 23.8 Å². The second-order valence-corrected chi connectivity index (χ2v) is 3.58. The Morgan fingerprint density at radius 2 is 2.31 bits per heavy atom. The average Bonchev–Trinajstić information content (AvgIpc) is 2.07. The van der Waals surface area contributed by atoms with E-state index in [9.17, 15) is 5.11 Å². The molecule has 1 aromatic carbocycles. The lowest BCUT2D eigenvalue weighted by atomic mass is 9.98. The summed E-state index contributed by atoms with van der Waals surface area (Å²) in [6.07, 6.45) is 0.383. The van der Waals surface area contributed by atoms with E-state index in [0.29, 0.717) is 13.0 Å². The summed E-state index contributed by atoms with van der Waals surface area (Å²) in [4.78, 5) is 2.04. The van der Waals surface area contributed by atoms with E-state index in [2.05, 4.69) is 0 Å². The van der Waals surface area contributed by atoms with E-state index in [4.69, 9.17) is 5.73 Å². The number of hydrogen-bond acceptors (Lipinski definition) is 3. The van der Waals surface area contributed by atoms with Crippen LogP contribution in [0.3, 0.4) is 0 Å². The first-order valence-corrected chi connectivity index (χ1v) is 4.45. The van der Waals surface area contributed by atoms with E-state index >= 15 is 0 Å². The van der Waals surface area contributed by atoms with Crippen molar-refractivity contribution < 1.29 is 5.11 Å². The zero-order valence-electron chi connectivity index (χ0n) is 7.70. The van der Waals surface area contributed by atoms with Crippen molar-refractivity contribution in [1.29, 1.82) is 0 Å². The van der Waals surface area contributed by atoms with Crippen molar-refractivity contribution >= 4 is 11.4 Å². The van der Waals surface area contributed by atoms with Crippen molar-refractivity contribution in [3.8, 4) is 0 Å². The van der Waals surface area contributed by atoms with E-state index in [-0.39, 0.29) is 6.10 Å². The second-order valence-electron chi connectivity index (χ2n) is 3.58. The molecule has 1 aromatic rings. The molecule has 1 aliphatic heterocycles. The van der Waals surface area contributed by atoms with Crippen molar-refractivity contribution in [2.75, 3.05) is 24.2 Å². The minimum absolute atomic E-state index is 0.290. The van der Waals surface area contributed by atoms with E-state index < -0.39 is 0 Å². The van der Waals surface area contributed by atoms with Crippen molar-refractivity contribution in [1.82, 2.24) is 0 Å². The first-order chi connectivity index (χ1) is 6.18. The first kappa shape index (κ1) is 8.38. The number of aliphatic hydroxyl groups excluding tert-OH is 1. The number of rotatable bonds is 0. The fourth-order valence-corrected chi connectivity index (χ4v) is 1.89. The highest BCUT2D eigenvalue weighted by molar-refractivity contribution is 5.66. The zero-order valence-corrected chi connectivity index (χ0v) is 7.70. The molecule has 3 N–H and O–H groups in total. The number of nitrogens with two attached hydrogens (primary N) is 1. The number of anilines is 2. The summed E-state index contributed by atoms with van der Waals surface area (Å²) in [5, 5.41) is 9.55. The fourth-order valence-electron chi connectivity index (χ4n) is 1.89. The van der Waals surface area contributed by atoms with E-state index in [0.717, 1.165) is 16.9 Å². The van der Waals surface area contributed by atoms with Crippen LogP contribution in [0, 0.1) is 0 Å². The Hall–Kier alpha value is -1.22. The van der Waals surface area contributed by atoms with E-state index in [1.54, 1.807) is 0 Å². The maximum Gasteiger partial charge on any atom is 0.0756 e. The van der Waals surface area contributed by atoms with Crippen LogP contribution >= 0.6 is 0 Å². The lowest BCUT2D eigenvalue weighted by Crippen LogP contribution is -2.35. The molecule has 0 fully saturated rings. The lowest BCUT2D eigenvalue weighted by Gasteiger charge is -2.31. The van der Waals surface area contributed by atoms with Crippen LogP contribution in [0.15, 0.2) is 18.2 Å². The average molecular weight is 178 g/mol. The summed E-state index contributed by atoms with van der Waals surface area (Å²) in [5.41, 5.74) is 8.83. The fraction of sp³-hybridized carbons (Fsp3) is 0.400. The van der Waals surface area contributed by atoms with Crippen LogP contribution in [0.25, 0.3) is 0 Å². The third-order valence-electron chi connectivity index (χ3n) is 2.52. The van der Waals surface area contributed by atoms with E-state index in [1.165, 1.54) is 0 Å². The minimum atomic E-state index is -0.290. The molecule has 0 aliphatic carbocycles. The van der Waals surface area contributed by atoms with Crippen LogP contribution in [0.2, 0.25) is 0 Å². The molecule has 2 rings (SSSR count). The normalized spacial score (nSPS) is 21.4. The minimum Gasteiger partial charge on any atom is -0.398 e. The van der Waals surface area contributed by atoms with Crippen LogP contribution in [-0.4, -0.2) is 24.8 Å². The summed E-state index contributed by atoms with van der Waals surface area (Å²) in [7, 11) is 1.97. The van der Waals surface area contributed by atoms with Gasteiger partial charge in [-0.15, -0.1) is 0 Å². The van der Waals surface area contributed by atoms with Gasteiger partial charge in [0.25, 0.3) is 0 Å². The van der Waals surface area contributed by atoms with Crippen molar-refractivity contribution in [3.63, 3.8) is 0 Å². The summed E-state index contributed by atoms with van der Waals surface area (Å²) in [6, 6.07) is 5.87. The number of benzene rings is 1. The molecule has 0 aromatic heterocycles. The summed E-state index contributed by atoms with van der Waals surface area (Å²) in [6.45, 7) is 0.691. The molecule has 0 saturated carbocycles. The molecule has 1 heterocycles. The Balaban J connectivity index is 2.49. The third kappa shape index (κ3) is 1.35. The van der Waals surface area contributed by atoms with Gasteiger partial charge in [0.2, 0.25) is 0 Å². The van der Waals surface area contributed by atoms with Gasteiger partial charge in [-0.25, -0.2) is 0 Å². The number of fused-ring (bicyclic) bond motifs is 1. The molecular formula is C10H14N2O. The van der Waals surface area contributed by atoms with Gasteiger partial charge in [0.05, 0.1) is 6.10 Å². The maximum atomic E-state index is 9.55. The summed E-state index contributed by atoms with van der Waals surface area (Å²) in [5.74, 6) is 0. The van der Waals surface area contributed by atoms with Crippen LogP contribution in [-0.2, 0) is 6.42 Å². The van der Waals surface area contributed by atoms with Gasteiger partial charge in [0.15, 0.2) is 0 Å². The Morgan fingerprint density at radius 1 is 1.54 bits per heavy atom. The number of likely N-dealkylation sites (N-methyl/N-ethyl adjacent to an activating group) is 1. The number of hydrogen-bond donors (Lipinski definition) is 2. The smallest absolute Gasteiger partial charge is 0.0756 e. The van der Waals surface area contributed by atoms with Crippen LogP contribution in [0.5, 0.6) is 0 Å². The molecule has 70 valence electrons. The number of β-amino-alcohol motifs (C(OH)–C–C–N with tert-alkyl or cyclic N) is 1.